The predicted molar refractivity (Wildman–Crippen MR) is 110 cm³/mol. The van der Waals surface area contributed by atoms with E-state index in [0.29, 0.717) is 13.0 Å². The number of anilines is 2. The summed E-state index contributed by atoms with van der Waals surface area (Å²) in [5.74, 6) is -0.296. The summed E-state index contributed by atoms with van der Waals surface area (Å²) >= 11 is 0. The maximum absolute atomic E-state index is 13.2. The van der Waals surface area contributed by atoms with Crippen LogP contribution in [0.25, 0.3) is 11.5 Å². The van der Waals surface area contributed by atoms with Crippen molar-refractivity contribution in [2.75, 3.05) is 18.9 Å². The van der Waals surface area contributed by atoms with Crippen molar-refractivity contribution in [2.45, 2.75) is 24.7 Å². The lowest BCUT2D eigenvalue weighted by atomic mass is 10.0. The molecular formula is C21H17F6N7. The van der Waals surface area contributed by atoms with Crippen molar-refractivity contribution in [3.8, 4) is 11.5 Å². The minimum absolute atomic E-state index is 0.00125. The number of pyridine rings is 2. The van der Waals surface area contributed by atoms with Gasteiger partial charge in [-0.2, -0.15) is 36.3 Å². The van der Waals surface area contributed by atoms with E-state index in [0.717, 1.165) is 18.3 Å². The molecule has 0 fully saturated rings. The Balaban J connectivity index is 1.76. The van der Waals surface area contributed by atoms with Gasteiger partial charge >= 0.3 is 12.4 Å². The van der Waals surface area contributed by atoms with E-state index in [1.54, 1.807) is 0 Å². The first kappa shape index (κ1) is 23.4. The Morgan fingerprint density at radius 3 is 2.38 bits per heavy atom. The molecule has 0 radical (unpaired) electrons. The smallest absolute Gasteiger partial charge is 0.381 e. The van der Waals surface area contributed by atoms with Crippen molar-refractivity contribution in [1.29, 1.82) is 0 Å². The van der Waals surface area contributed by atoms with Gasteiger partial charge < -0.3 is 10.2 Å². The summed E-state index contributed by atoms with van der Waals surface area (Å²) in [4.78, 5) is 21.6. The molecule has 1 aliphatic heterocycles. The molecule has 3 aromatic rings. The summed E-state index contributed by atoms with van der Waals surface area (Å²) in [7, 11) is 1.88. The van der Waals surface area contributed by atoms with Crippen molar-refractivity contribution in [3.05, 3.63) is 66.0 Å². The maximum atomic E-state index is 13.2. The third kappa shape index (κ3) is 5.41. The van der Waals surface area contributed by atoms with E-state index in [1.165, 1.54) is 18.2 Å². The molecule has 0 spiro atoms. The second kappa shape index (κ2) is 8.88. The summed E-state index contributed by atoms with van der Waals surface area (Å²) in [5.41, 5.74) is -2.39. The van der Waals surface area contributed by atoms with Crippen LogP contribution in [0.15, 0.2) is 48.8 Å². The monoisotopic (exact) mass is 481 g/mol. The van der Waals surface area contributed by atoms with Crippen molar-refractivity contribution in [2.24, 2.45) is 0 Å². The van der Waals surface area contributed by atoms with Gasteiger partial charge in [0, 0.05) is 31.4 Å². The van der Waals surface area contributed by atoms with Crippen molar-refractivity contribution < 1.29 is 26.3 Å². The van der Waals surface area contributed by atoms with Gasteiger partial charge in [0.25, 0.3) is 0 Å². The van der Waals surface area contributed by atoms with E-state index in [-0.39, 0.29) is 34.9 Å². The van der Waals surface area contributed by atoms with Crippen LogP contribution in [-0.2, 0) is 12.4 Å². The third-order valence-electron chi connectivity index (χ3n) is 4.93. The summed E-state index contributed by atoms with van der Waals surface area (Å²) < 4.78 is 78.5. The SMILES string of the molecule is CN1C=CC(c2nc(Nc3ccnc(C(F)(F)F)c3)nc(-c3cccc(C(F)(F)F)n3)n2)CC1. The zero-order chi connectivity index (χ0) is 24.5. The second-order valence-electron chi connectivity index (χ2n) is 7.52. The lowest BCUT2D eigenvalue weighted by molar-refractivity contribution is -0.141. The third-order valence-corrected chi connectivity index (χ3v) is 4.93. The normalized spacial score (nSPS) is 16.6. The molecule has 1 aliphatic rings. The molecule has 13 heteroatoms. The molecule has 0 aliphatic carbocycles. The highest BCUT2D eigenvalue weighted by Crippen LogP contribution is 2.31. The Hall–Kier alpha value is -3.77. The fourth-order valence-electron chi connectivity index (χ4n) is 3.22. The Labute approximate surface area is 189 Å². The molecule has 34 heavy (non-hydrogen) atoms. The molecule has 4 rings (SSSR count). The van der Waals surface area contributed by atoms with E-state index in [9.17, 15) is 26.3 Å². The van der Waals surface area contributed by atoms with Crippen LogP contribution >= 0.6 is 0 Å². The molecule has 0 saturated carbocycles. The Morgan fingerprint density at radius 1 is 0.941 bits per heavy atom. The van der Waals surface area contributed by atoms with Gasteiger partial charge in [-0.25, -0.2) is 9.97 Å². The number of hydrogen-bond acceptors (Lipinski definition) is 7. The number of rotatable bonds is 4. The molecule has 0 bridgehead atoms. The van der Waals surface area contributed by atoms with E-state index in [4.69, 9.17) is 0 Å². The zero-order valence-corrected chi connectivity index (χ0v) is 17.6. The highest BCUT2D eigenvalue weighted by molar-refractivity contribution is 5.57. The molecule has 1 N–H and O–H groups in total. The average molecular weight is 481 g/mol. The van der Waals surface area contributed by atoms with Crippen molar-refractivity contribution in [3.63, 3.8) is 0 Å². The Kier molecular flexibility index (Phi) is 6.11. The molecule has 4 heterocycles. The first-order valence-electron chi connectivity index (χ1n) is 9.98. The number of nitrogens with zero attached hydrogens (tertiary/aromatic N) is 6. The van der Waals surface area contributed by atoms with Gasteiger partial charge in [0.05, 0.1) is 0 Å². The zero-order valence-electron chi connectivity index (χ0n) is 17.6. The summed E-state index contributed by atoms with van der Waals surface area (Å²) in [6, 6.07) is 5.38. The predicted octanol–water partition coefficient (Wildman–Crippen LogP) is 5.04. The van der Waals surface area contributed by atoms with Gasteiger partial charge in [-0.3, -0.25) is 4.98 Å². The van der Waals surface area contributed by atoms with Crippen LogP contribution in [0.1, 0.15) is 29.6 Å². The molecule has 1 unspecified atom stereocenters. The van der Waals surface area contributed by atoms with Crippen LogP contribution < -0.4 is 5.32 Å². The minimum Gasteiger partial charge on any atom is -0.381 e. The first-order chi connectivity index (χ1) is 16.0. The van der Waals surface area contributed by atoms with E-state index >= 15 is 0 Å². The number of halogens is 6. The van der Waals surface area contributed by atoms with Gasteiger partial charge in [-0.05, 0) is 36.9 Å². The number of alkyl halides is 6. The Bertz CT molecular complexity index is 1210. The van der Waals surface area contributed by atoms with Crippen LogP contribution in [0.3, 0.4) is 0 Å². The average Bonchev–Trinajstić information content (AvgIpc) is 2.78. The summed E-state index contributed by atoms with van der Waals surface area (Å²) in [6.07, 6.45) is -4.07. The highest BCUT2D eigenvalue weighted by atomic mass is 19.4. The van der Waals surface area contributed by atoms with E-state index in [2.05, 4.69) is 30.2 Å². The van der Waals surface area contributed by atoms with Gasteiger partial charge in [-0.1, -0.05) is 12.1 Å². The lowest BCUT2D eigenvalue weighted by Crippen LogP contribution is -2.21. The van der Waals surface area contributed by atoms with Crippen LogP contribution in [0.2, 0.25) is 0 Å². The fourth-order valence-corrected chi connectivity index (χ4v) is 3.22. The second-order valence-corrected chi connectivity index (χ2v) is 7.52. The number of hydrogen-bond donors (Lipinski definition) is 1. The lowest BCUT2D eigenvalue weighted by Gasteiger charge is -2.23. The minimum atomic E-state index is -4.67. The van der Waals surface area contributed by atoms with Crippen LogP contribution in [0.5, 0.6) is 0 Å². The molecule has 0 saturated heterocycles. The highest BCUT2D eigenvalue weighted by Gasteiger charge is 2.33. The molecule has 0 amide bonds. The maximum Gasteiger partial charge on any atom is 0.433 e. The largest absolute Gasteiger partial charge is 0.433 e. The van der Waals surface area contributed by atoms with Crippen LogP contribution in [0, 0.1) is 0 Å². The number of aromatic nitrogens is 5. The summed E-state index contributed by atoms with van der Waals surface area (Å²) in [6.45, 7) is 0.687. The van der Waals surface area contributed by atoms with E-state index < -0.39 is 23.7 Å². The van der Waals surface area contributed by atoms with Gasteiger partial charge in [-0.15, -0.1) is 0 Å². The molecule has 7 nitrogen and oxygen atoms in total. The standard InChI is InChI=1S/C21H17F6N7/c1-34-9-6-12(7-10-34)17-31-18(14-3-2-4-15(30-14)20(22,23)24)33-19(32-17)29-13-5-8-28-16(11-13)21(25,26)27/h2-6,8-9,11-12H,7,10H2,1H3,(H,28,29,31,32,33). The van der Waals surface area contributed by atoms with Crippen LogP contribution in [0.4, 0.5) is 38.0 Å². The fraction of sp³-hybridized carbons (Fsp3) is 0.286. The summed E-state index contributed by atoms with van der Waals surface area (Å²) in [5, 5.41) is 2.67. The van der Waals surface area contributed by atoms with Crippen molar-refractivity contribution >= 4 is 11.6 Å². The van der Waals surface area contributed by atoms with Crippen molar-refractivity contribution in [1.82, 2.24) is 29.8 Å². The molecule has 3 aromatic heterocycles. The van der Waals surface area contributed by atoms with Gasteiger partial charge in [0.1, 0.15) is 22.9 Å². The number of nitrogens with one attached hydrogen (secondary N) is 1. The topological polar surface area (TPSA) is 79.7 Å². The molecule has 1 atom stereocenters. The first-order valence-corrected chi connectivity index (χ1v) is 9.98. The Morgan fingerprint density at radius 2 is 1.71 bits per heavy atom. The molecular weight excluding hydrogens is 464 g/mol. The number of allylic oxidation sites excluding steroid dienone is 1. The molecule has 178 valence electrons. The van der Waals surface area contributed by atoms with E-state index in [1.807, 2.05) is 24.2 Å². The van der Waals surface area contributed by atoms with Crippen LogP contribution in [-0.4, -0.2) is 43.4 Å². The van der Waals surface area contributed by atoms with Gasteiger partial charge in [0.2, 0.25) is 5.95 Å². The van der Waals surface area contributed by atoms with Gasteiger partial charge in [0.15, 0.2) is 5.82 Å². The molecule has 0 aromatic carbocycles. The quantitative estimate of drug-likeness (QED) is 0.523.